The summed E-state index contributed by atoms with van der Waals surface area (Å²) in [6, 6.07) is 34.1. The van der Waals surface area contributed by atoms with Gasteiger partial charge in [-0.25, -0.2) is 17.9 Å². The number of ether oxygens (including phenoxy) is 1. The van der Waals surface area contributed by atoms with Crippen LogP contribution < -0.4 is 4.72 Å². The molecule has 8 heteroatoms. The highest BCUT2D eigenvalue weighted by Gasteiger charge is 2.37. The third-order valence-corrected chi connectivity index (χ3v) is 8.13. The molecule has 43 heavy (non-hydrogen) atoms. The quantitative estimate of drug-likeness (QED) is 0.156. The first kappa shape index (κ1) is 29.8. The van der Waals surface area contributed by atoms with Crippen molar-refractivity contribution in [2.45, 2.75) is 43.4 Å². The Kier molecular flexibility index (Phi) is 8.80. The minimum atomic E-state index is -4.21. The number of pyridine rings is 1. The minimum absolute atomic E-state index is 0.00444. The molecule has 1 N–H and O–H groups in total. The maximum absolute atomic E-state index is 14.1. The lowest BCUT2D eigenvalue weighted by Crippen LogP contribution is -2.43. The number of sulfonamides is 1. The van der Waals surface area contributed by atoms with Crippen LogP contribution >= 0.6 is 0 Å². The molecule has 0 saturated carbocycles. The molecular weight excluding hydrogens is 558 g/mol. The van der Waals surface area contributed by atoms with E-state index in [1.807, 2.05) is 66.7 Å². The molecule has 2 atom stereocenters. The summed E-state index contributed by atoms with van der Waals surface area (Å²) in [5, 5.41) is 0.679. The zero-order chi connectivity index (χ0) is 30.5. The van der Waals surface area contributed by atoms with E-state index in [0.29, 0.717) is 22.2 Å². The number of nitrogens with zero attached hydrogens (tertiary/aromatic N) is 2. The number of carbonyl (C=O) groups excluding carboxylic acids is 1. The van der Waals surface area contributed by atoms with Crippen molar-refractivity contribution in [1.82, 2.24) is 9.71 Å². The molecule has 5 rings (SSSR count). The van der Waals surface area contributed by atoms with Gasteiger partial charge in [-0.05, 0) is 38.5 Å². The molecule has 0 radical (unpaired) electrons. The third kappa shape index (κ3) is 7.23. The Morgan fingerprint density at radius 3 is 1.91 bits per heavy atom. The van der Waals surface area contributed by atoms with Gasteiger partial charge in [0, 0.05) is 22.7 Å². The molecule has 7 nitrogen and oxygen atoms in total. The summed E-state index contributed by atoms with van der Waals surface area (Å²) < 4.78 is 36.9. The number of nitrogens with one attached hydrogen (secondary N) is 1. The number of rotatable bonds is 9. The smallest absolute Gasteiger partial charge is 0.333 e. The number of carbonyl (C=O) groups is 1. The second-order valence-electron chi connectivity index (χ2n) is 11.0. The van der Waals surface area contributed by atoms with Gasteiger partial charge in [-0.15, -0.1) is 0 Å². The lowest BCUT2D eigenvalue weighted by atomic mass is 9.98. The van der Waals surface area contributed by atoms with Crippen LogP contribution in [0.25, 0.3) is 10.9 Å². The standard InChI is InChI=1S/C35H33N3O4S/c1-35(2,3)42-34(39)33(37-30(25-15-7-4-8-16-25)26-17-9-5-10-18-26)32(28-19-11-6-12-20-28)38-43(40,41)29-23-13-21-27-22-14-24-36-31(27)29/h4-24,32-33,38H,1-3H3/t32-,33+/m1/s1. The van der Waals surface area contributed by atoms with E-state index in [9.17, 15) is 13.2 Å². The Morgan fingerprint density at radius 2 is 1.33 bits per heavy atom. The summed E-state index contributed by atoms with van der Waals surface area (Å²) in [6.45, 7) is 5.30. The molecule has 0 aliphatic carbocycles. The van der Waals surface area contributed by atoms with Crippen LogP contribution in [0.5, 0.6) is 0 Å². The summed E-state index contributed by atoms with van der Waals surface area (Å²) in [5.41, 5.74) is 2.12. The van der Waals surface area contributed by atoms with E-state index in [1.54, 1.807) is 75.5 Å². The van der Waals surface area contributed by atoms with Crippen molar-refractivity contribution in [2.75, 3.05) is 0 Å². The Bertz CT molecular complexity index is 1790. The van der Waals surface area contributed by atoms with Crippen LogP contribution in [-0.4, -0.2) is 36.7 Å². The lowest BCUT2D eigenvalue weighted by molar-refractivity contribution is -0.157. The first-order chi connectivity index (χ1) is 20.6. The van der Waals surface area contributed by atoms with Gasteiger partial charge in [0.15, 0.2) is 6.04 Å². The van der Waals surface area contributed by atoms with E-state index >= 15 is 0 Å². The molecule has 4 aromatic carbocycles. The number of hydrogen-bond donors (Lipinski definition) is 1. The van der Waals surface area contributed by atoms with Gasteiger partial charge < -0.3 is 4.74 Å². The molecule has 218 valence electrons. The van der Waals surface area contributed by atoms with Crippen molar-refractivity contribution in [1.29, 1.82) is 0 Å². The van der Waals surface area contributed by atoms with Crippen molar-refractivity contribution < 1.29 is 17.9 Å². The average Bonchev–Trinajstić information content (AvgIpc) is 3.01. The van der Waals surface area contributed by atoms with E-state index in [-0.39, 0.29) is 4.90 Å². The molecule has 5 aromatic rings. The Hall–Kier alpha value is -4.66. The predicted octanol–water partition coefficient (Wildman–Crippen LogP) is 6.50. The van der Waals surface area contributed by atoms with Gasteiger partial charge in [-0.2, -0.15) is 0 Å². The summed E-state index contributed by atoms with van der Waals surface area (Å²) in [5.74, 6) is -0.663. The van der Waals surface area contributed by atoms with Gasteiger partial charge in [0.25, 0.3) is 0 Å². The number of fused-ring (bicyclic) bond motifs is 1. The van der Waals surface area contributed by atoms with Crippen molar-refractivity contribution in [3.05, 3.63) is 144 Å². The minimum Gasteiger partial charge on any atom is -0.458 e. The number of aromatic nitrogens is 1. The van der Waals surface area contributed by atoms with E-state index in [1.165, 1.54) is 6.07 Å². The van der Waals surface area contributed by atoms with Crippen LogP contribution in [0.15, 0.2) is 137 Å². The molecule has 0 amide bonds. The first-order valence-corrected chi connectivity index (χ1v) is 15.4. The van der Waals surface area contributed by atoms with Gasteiger partial charge in [0.2, 0.25) is 10.0 Å². The van der Waals surface area contributed by atoms with E-state index in [4.69, 9.17) is 9.73 Å². The maximum Gasteiger partial charge on any atom is 0.333 e. The highest BCUT2D eigenvalue weighted by Crippen LogP contribution is 2.29. The molecule has 0 aliphatic heterocycles. The number of hydrogen-bond acceptors (Lipinski definition) is 6. The SMILES string of the molecule is CC(C)(C)OC(=O)[C@@H](N=C(c1ccccc1)c1ccccc1)[C@H](NS(=O)(=O)c1cccc2cccnc12)c1ccccc1. The Morgan fingerprint density at radius 1 is 0.767 bits per heavy atom. The Balaban J connectivity index is 1.71. The zero-order valence-electron chi connectivity index (χ0n) is 24.2. The number of esters is 1. The molecular formula is C35H33N3O4S. The molecule has 0 unspecified atom stereocenters. The molecule has 0 spiro atoms. The molecule has 0 aliphatic rings. The van der Waals surface area contributed by atoms with Crippen molar-refractivity contribution >= 4 is 32.6 Å². The fourth-order valence-corrected chi connectivity index (χ4v) is 6.18. The van der Waals surface area contributed by atoms with Crippen molar-refractivity contribution in [3.8, 4) is 0 Å². The number of aliphatic imine (C=N–C) groups is 1. The molecule has 0 bridgehead atoms. The van der Waals surface area contributed by atoms with Gasteiger partial charge in [0.05, 0.1) is 17.3 Å². The van der Waals surface area contributed by atoms with Crippen molar-refractivity contribution in [2.24, 2.45) is 4.99 Å². The second kappa shape index (κ2) is 12.7. The van der Waals surface area contributed by atoms with E-state index in [2.05, 4.69) is 9.71 Å². The third-order valence-electron chi connectivity index (χ3n) is 6.65. The topological polar surface area (TPSA) is 97.7 Å². The summed E-state index contributed by atoms with van der Waals surface area (Å²) in [7, 11) is -4.21. The van der Waals surface area contributed by atoms with E-state index < -0.39 is 33.7 Å². The molecule has 1 heterocycles. The maximum atomic E-state index is 14.1. The van der Waals surface area contributed by atoms with Gasteiger partial charge in [-0.1, -0.05) is 109 Å². The largest absolute Gasteiger partial charge is 0.458 e. The number of para-hydroxylation sites is 1. The molecule has 0 saturated heterocycles. The van der Waals surface area contributed by atoms with Gasteiger partial charge >= 0.3 is 5.97 Å². The number of benzene rings is 4. The van der Waals surface area contributed by atoms with Crippen LogP contribution in [0, 0.1) is 0 Å². The van der Waals surface area contributed by atoms with Gasteiger partial charge in [0.1, 0.15) is 10.5 Å². The molecule has 1 aromatic heterocycles. The highest BCUT2D eigenvalue weighted by molar-refractivity contribution is 7.89. The van der Waals surface area contributed by atoms with Crippen LogP contribution in [0.1, 0.15) is 43.5 Å². The van der Waals surface area contributed by atoms with Crippen LogP contribution in [0.4, 0.5) is 0 Å². The van der Waals surface area contributed by atoms with Gasteiger partial charge in [-0.3, -0.25) is 9.98 Å². The van der Waals surface area contributed by atoms with E-state index in [0.717, 1.165) is 11.1 Å². The predicted molar refractivity (Wildman–Crippen MR) is 169 cm³/mol. The second-order valence-corrected chi connectivity index (χ2v) is 12.7. The van der Waals surface area contributed by atoms with Crippen LogP contribution in [0.2, 0.25) is 0 Å². The van der Waals surface area contributed by atoms with Crippen molar-refractivity contribution in [3.63, 3.8) is 0 Å². The normalized spacial score (nSPS) is 13.2. The zero-order valence-corrected chi connectivity index (χ0v) is 25.0. The first-order valence-electron chi connectivity index (χ1n) is 13.9. The summed E-state index contributed by atoms with van der Waals surface area (Å²) in [4.78, 5) is 23.4. The van der Waals surface area contributed by atoms with Crippen LogP contribution in [0.3, 0.4) is 0 Å². The monoisotopic (exact) mass is 591 g/mol. The highest BCUT2D eigenvalue weighted by atomic mass is 32.2. The average molecular weight is 592 g/mol. The fraction of sp³-hybridized carbons (Fsp3) is 0.171. The summed E-state index contributed by atoms with van der Waals surface area (Å²) >= 11 is 0. The van der Waals surface area contributed by atoms with Crippen LogP contribution in [-0.2, 0) is 19.6 Å². The molecule has 0 fully saturated rings. The summed E-state index contributed by atoms with van der Waals surface area (Å²) in [6.07, 6.45) is 1.55. The lowest BCUT2D eigenvalue weighted by Gasteiger charge is -2.29. The fourth-order valence-electron chi connectivity index (χ4n) is 4.77. The Labute approximate surface area is 252 Å².